The van der Waals surface area contributed by atoms with Crippen molar-refractivity contribution in [3.05, 3.63) is 29.8 Å². The fraction of sp³-hybridized carbons (Fsp3) is 0.625. The molecule has 1 aromatic rings. The number of rotatable bonds is 2. The van der Waals surface area contributed by atoms with Crippen LogP contribution in [0.25, 0.3) is 0 Å². The summed E-state index contributed by atoms with van der Waals surface area (Å²) in [5, 5.41) is 0. The van der Waals surface area contributed by atoms with Crippen LogP contribution >= 0.6 is 11.8 Å². The Morgan fingerprint density at radius 3 is 2.67 bits per heavy atom. The van der Waals surface area contributed by atoms with Gasteiger partial charge in [0.2, 0.25) is 0 Å². The third-order valence-electron chi connectivity index (χ3n) is 4.81. The molecule has 1 aromatic carbocycles. The molecule has 1 heterocycles. The summed E-state index contributed by atoms with van der Waals surface area (Å²) in [4.78, 5) is 1.46. The van der Waals surface area contributed by atoms with Crippen LogP contribution in [0.15, 0.2) is 29.2 Å². The summed E-state index contributed by atoms with van der Waals surface area (Å²) in [5.74, 6) is 3.44. The number of benzene rings is 1. The highest BCUT2D eigenvalue weighted by atomic mass is 32.2. The summed E-state index contributed by atoms with van der Waals surface area (Å²) in [6, 6.07) is 9.20. The van der Waals surface area contributed by atoms with Gasteiger partial charge in [-0.2, -0.15) is 0 Å². The molecule has 0 saturated heterocycles. The summed E-state index contributed by atoms with van der Waals surface area (Å²) in [6.07, 6.45) is 5.43. The van der Waals surface area contributed by atoms with E-state index in [-0.39, 0.29) is 0 Å². The molecule has 0 bridgehead atoms. The van der Waals surface area contributed by atoms with Crippen molar-refractivity contribution >= 4 is 11.8 Å². The molecule has 0 aromatic heterocycles. The van der Waals surface area contributed by atoms with Crippen LogP contribution in [0.2, 0.25) is 0 Å². The van der Waals surface area contributed by atoms with Crippen molar-refractivity contribution in [1.82, 2.24) is 0 Å². The first-order valence-corrected chi connectivity index (χ1v) is 8.21. The van der Waals surface area contributed by atoms with E-state index in [1.54, 1.807) is 0 Å². The van der Waals surface area contributed by atoms with Gasteiger partial charge in [-0.1, -0.05) is 38.0 Å². The first-order chi connectivity index (χ1) is 8.75. The van der Waals surface area contributed by atoms with E-state index >= 15 is 0 Å². The standard InChI is InChI=1S/C16H23NS/c1-11-6-8-12(9-7-11)16(17)14-10-18-15-5-3-2-4-13(14)15/h2-5,11-12,14,16H,6-10,17H2,1H3. The van der Waals surface area contributed by atoms with E-state index in [0.717, 1.165) is 11.8 Å². The van der Waals surface area contributed by atoms with Crippen LogP contribution in [0.4, 0.5) is 0 Å². The Morgan fingerprint density at radius 1 is 1.17 bits per heavy atom. The molecule has 2 heteroatoms. The van der Waals surface area contributed by atoms with Crippen LogP contribution in [0.1, 0.15) is 44.1 Å². The maximum atomic E-state index is 6.60. The zero-order valence-corrected chi connectivity index (χ0v) is 12.0. The summed E-state index contributed by atoms with van der Waals surface area (Å²) in [6.45, 7) is 2.38. The molecular weight excluding hydrogens is 238 g/mol. The smallest absolute Gasteiger partial charge is 0.0145 e. The second kappa shape index (κ2) is 5.26. The molecule has 2 unspecified atom stereocenters. The van der Waals surface area contributed by atoms with Crippen molar-refractivity contribution in [3.63, 3.8) is 0 Å². The van der Waals surface area contributed by atoms with Gasteiger partial charge in [-0.25, -0.2) is 0 Å². The van der Waals surface area contributed by atoms with E-state index in [1.165, 1.54) is 41.9 Å². The van der Waals surface area contributed by atoms with Crippen LogP contribution in [0.3, 0.4) is 0 Å². The highest BCUT2D eigenvalue weighted by Crippen LogP contribution is 2.44. The van der Waals surface area contributed by atoms with E-state index < -0.39 is 0 Å². The van der Waals surface area contributed by atoms with E-state index in [9.17, 15) is 0 Å². The Bertz CT molecular complexity index is 409. The zero-order chi connectivity index (χ0) is 12.5. The second-order valence-corrected chi connectivity index (χ2v) is 7.11. The average molecular weight is 261 g/mol. The summed E-state index contributed by atoms with van der Waals surface area (Å²) < 4.78 is 0. The Balaban J connectivity index is 1.72. The molecule has 2 atom stereocenters. The van der Waals surface area contributed by atoms with Crippen LogP contribution in [0.5, 0.6) is 0 Å². The molecule has 1 fully saturated rings. The van der Waals surface area contributed by atoms with Crippen LogP contribution < -0.4 is 5.73 Å². The molecule has 0 amide bonds. The lowest BCUT2D eigenvalue weighted by Crippen LogP contribution is -2.38. The fourth-order valence-electron chi connectivity index (χ4n) is 3.51. The van der Waals surface area contributed by atoms with Gasteiger partial charge < -0.3 is 5.73 Å². The highest BCUT2D eigenvalue weighted by molar-refractivity contribution is 7.99. The summed E-state index contributed by atoms with van der Waals surface area (Å²) in [5.41, 5.74) is 8.11. The van der Waals surface area contributed by atoms with Crippen LogP contribution in [-0.2, 0) is 0 Å². The normalized spacial score (nSPS) is 33.1. The zero-order valence-electron chi connectivity index (χ0n) is 11.1. The summed E-state index contributed by atoms with van der Waals surface area (Å²) >= 11 is 1.99. The van der Waals surface area contributed by atoms with Crippen LogP contribution in [0, 0.1) is 11.8 Å². The van der Waals surface area contributed by atoms with Crippen molar-refractivity contribution < 1.29 is 0 Å². The van der Waals surface area contributed by atoms with E-state index in [2.05, 4.69) is 31.2 Å². The van der Waals surface area contributed by atoms with Crippen molar-refractivity contribution in [2.24, 2.45) is 17.6 Å². The highest BCUT2D eigenvalue weighted by Gasteiger charge is 2.33. The van der Waals surface area contributed by atoms with Crippen molar-refractivity contribution in [3.8, 4) is 0 Å². The predicted molar refractivity (Wildman–Crippen MR) is 79.0 cm³/mol. The number of nitrogens with two attached hydrogens (primary N) is 1. The van der Waals surface area contributed by atoms with Crippen LogP contribution in [-0.4, -0.2) is 11.8 Å². The van der Waals surface area contributed by atoms with Gasteiger partial charge in [-0.15, -0.1) is 11.8 Å². The number of thioether (sulfide) groups is 1. The minimum atomic E-state index is 0.369. The largest absolute Gasteiger partial charge is 0.327 e. The van der Waals surface area contributed by atoms with Crippen molar-refractivity contribution in [2.75, 3.05) is 5.75 Å². The Morgan fingerprint density at radius 2 is 1.89 bits per heavy atom. The average Bonchev–Trinajstić information content (AvgIpc) is 2.82. The van der Waals surface area contributed by atoms with Crippen molar-refractivity contribution in [2.45, 2.75) is 49.5 Å². The van der Waals surface area contributed by atoms with E-state index in [4.69, 9.17) is 5.73 Å². The topological polar surface area (TPSA) is 26.0 Å². The van der Waals surface area contributed by atoms with Gasteiger partial charge in [0.1, 0.15) is 0 Å². The Hall–Kier alpha value is -0.470. The van der Waals surface area contributed by atoms with Gasteiger partial charge in [-0.05, 0) is 36.3 Å². The summed E-state index contributed by atoms with van der Waals surface area (Å²) in [7, 11) is 0. The SMILES string of the molecule is CC1CCC(C(N)C2CSc3ccccc32)CC1. The number of hydrogen-bond donors (Lipinski definition) is 1. The van der Waals surface area contributed by atoms with Crippen molar-refractivity contribution in [1.29, 1.82) is 0 Å². The lowest BCUT2D eigenvalue weighted by molar-refractivity contribution is 0.241. The Kier molecular flexibility index (Phi) is 3.67. The maximum absolute atomic E-state index is 6.60. The molecule has 1 saturated carbocycles. The monoisotopic (exact) mass is 261 g/mol. The maximum Gasteiger partial charge on any atom is 0.0145 e. The second-order valence-electron chi connectivity index (χ2n) is 6.05. The minimum Gasteiger partial charge on any atom is -0.327 e. The third-order valence-corrected chi connectivity index (χ3v) is 6.01. The number of hydrogen-bond acceptors (Lipinski definition) is 2. The van der Waals surface area contributed by atoms with Gasteiger partial charge >= 0.3 is 0 Å². The predicted octanol–water partition coefficient (Wildman–Crippen LogP) is 4.03. The molecule has 18 heavy (non-hydrogen) atoms. The van der Waals surface area contributed by atoms with Gasteiger partial charge in [0.25, 0.3) is 0 Å². The first-order valence-electron chi connectivity index (χ1n) is 7.23. The molecule has 1 aliphatic carbocycles. The molecule has 2 N–H and O–H groups in total. The van der Waals surface area contributed by atoms with Gasteiger partial charge in [0.15, 0.2) is 0 Å². The molecule has 98 valence electrons. The van der Waals surface area contributed by atoms with Gasteiger partial charge in [0.05, 0.1) is 0 Å². The first kappa shape index (κ1) is 12.6. The lowest BCUT2D eigenvalue weighted by Gasteiger charge is -2.33. The molecule has 1 nitrogen and oxygen atoms in total. The van der Waals surface area contributed by atoms with Gasteiger partial charge in [0, 0.05) is 22.6 Å². The fourth-order valence-corrected chi connectivity index (χ4v) is 4.83. The van der Waals surface area contributed by atoms with E-state index in [1.807, 2.05) is 11.8 Å². The van der Waals surface area contributed by atoms with Gasteiger partial charge in [-0.3, -0.25) is 0 Å². The molecule has 3 rings (SSSR count). The molecule has 0 radical (unpaired) electrons. The third kappa shape index (κ3) is 2.33. The van der Waals surface area contributed by atoms with E-state index in [0.29, 0.717) is 12.0 Å². The number of fused-ring (bicyclic) bond motifs is 1. The minimum absolute atomic E-state index is 0.369. The molecule has 1 aliphatic heterocycles. The lowest BCUT2D eigenvalue weighted by atomic mass is 9.75. The molecule has 0 spiro atoms. The molecule has 2 aliphatic rings. The quantitative estimate of drug-likeness (QED) is 0.870. The molecular formula is C16H23NS. The Labute approximate surface area is 115 Å².